The Hall–Kier alpha value is -4.52. The van der Waals surface area contributed by atoms with E-state index in [1.165, 1.54) is 27.6 Å². The van der Waals surface area contributed by atoms with Crippen LogP contribution in [0, 0.1) is 0 Å². The third-order valence-corrected chi connectivity index (χ3v) is 10.8. The predicted octanol–water partition coefficient (Wildman–Crippen LogP) is 6.05. The number of rotatable bonds is 3. The van der Waals surface area contributed by atoms with Crippen LogP contribution in [0.1, 0.15) is 34.1 Å². The zero-order valence-corrected chi connectivity index (χ0v) is 25.0. The molecule has 6 N–H and O–H groups in total. The van der Waals surface area contributed by atoms with Gasteiger partial charge in [0, 0.05) is 82.7 Å². The summed E-state index contributed by atoms with van der Waals surface area (Å²) >= 11 is 0. The molecule has 0 aromatic heterocycles. The Morgan fingerprint density at radius 2 is 1.20 bits per heavy atom. The second-order valence-electron chi connectivity index (χ2n) is 13.2. The number of aliphatic hydroxyl groups excluding tert-OH is 2. The maximum atomic E-state index is 12.3. The molecule has 0 radical (unpaired) electrons. The second kappa shape index (κ2) is 9.00. The Labute approximate surface area is 256 Å². The van der Waals surface area contributed by atoms with Crippen molar-refractivity contribution in [2.24, 2.45) is 0 Å². The summed E-state index contributed by atoms with van der Waals surface area (Å²) in [6.07, 6.45) is 0.297. The van der Waals surface area contributed by atoms with Crippen molar-refractivity contribution in [3.8, 4) is 0 Å². The molecule has 0 amide bonds. The normalized spacial score (nSPS) is 22.3. The highest BCUT2D eigenvalue weighted by Gasteiger charge is 2.53. The van der Waals surface area contributed by atoms with Gasteiger partial charge >= 0.3 is 0 Å². The Bertz CT molecular complexity index is 2190. The third-order valence-electron chi connectivity index (χ3n) is 10.8. The van der Waals surface area contributed by atoms with Crippen LogP contribution in [-0.4, -0.2) is 49.6 Å². The Morgan fingerprint density at radius 1 is 0.614 bits per heavy atom. The molecule has 2 unspecified atom stereocenters. The van der Waals surface area contributed by atoms with Gasteiger partial charge in [-0.3, -0.25) is 0 Å². The van der Waals surface area contributed by atoms with Crippen LogP contribution in [0.15, 0.2) is 72.8 Å². The van der Waals surface area contributed by atoms with E-state index in [0.29, 0.717) is 11.4 Å². The van der Waals surface area contributed by atoms with Crippen LogP contribution in [0.25, 0.3) is 43.1 Å². The molecule has 1 aliphatic carbocycles. The van der Waals surface area contributed by atoms with E-state index in [4.69, 9.17) is 11.5 Å². The van der Waals surface area contributed by atoms with E-state index >= 15 is 0 Å². The smallest absolute Gasteiger partial charge is 0.0728 e. The molecule has 6 aromatic carbocycles. The number of nitrogens with zero attached hydrogens (tertiary/aromatic N) is 2. The first kappa shape index (κ1) is 25.9. The SMILES string of the molecule is CN(C)c1c2ccccc2c(C2C(O)C(c3c4cccc5c4c4c6c(ccc(N)c36)CCN4CC5)C2O)c2c(N)cccc12. The minimum Gasteiger partial charge on any atom is -0.398 e. The summed E-state index contributed by atoms with van der Waals surface area (Å²) in [5.74, 6) is -1.01. The van der Waals surface area contributed by atoms with Crippen LogP contribution < -0.4 is 21.3 Å². The molecular formula is C38H36N4O2. The Kier molecular flexibility index (Phi) is 5.31. The molecule has 1 fully saturated rings. The lowest BCUT2D eigenvalue weighted by molar-refractivity contribution is -0.0765. The quantitative estimate of drug-likeness (QED) is 0.150. The zero-order chi connectivity index (χ0) is 30.0. The summed E-state index contributed by atoms with van der Waals surface area (Å²) in [6, 6.07) is 25.0. The third kappa shape index (κ3) is 3.17. The van der Waals surface area contributed by atoms with Gasteiger partial charge in [0.1, 0.15) is 0 Å². The van der Waals surface area contributed by atoms with E-state index in [2.05, 4.69) is 52.3 Å². The average molecular weight is 581 g/mol. The lowest BCUT2D eigenvalue weighted by Crippen LogP contribution is -2.52. The number of anilines is 4. The molecule has 2 heterocycles. The van der Waals surface area contributed by atoms with Gasteiger partial charge in [0.2, 0.25) is 0 Å². The number of hydrogen-bond acceptors (Lipinski definition) is 6. The summed E-state index contributed by atoms with van der Waals surface area (Å²) in [5.41, 5.74) is 21.8. The molecule has 9 rings (SSSR count). The molecule has 220 valence electrons. The van der Waals surface area contributed by atoms with Gasteiger partial charge in [-0.2, -0.15) is 0 Å². The molecule has 6 nitrogen and oxygen atoms in total. The van der Waals surface area contributed by atoms with Crippen molar-refractivity contribution in [2.45, 2.75) is 36.9 Å². The molecular weight excluding hydrogens is 544 g/mol. The van der Waals surface area contributed by atoms with Crippen molar-refractivity contribution in [3.05, 3.63) is 95.1 Å². The van der Waals surface area contributed by atoms with E-state index in [0.717, 1.165) is 75.1 Å². The molecule has 6 aromatic rings. The van der Waals surface area contributed by atoms with Gasteiger partial charge in [-0.15, -0.1) is 0 Å². The van der Waals surface area contributed by atoms with Crippen LogP contribution >= 0.6 is 0 Å². The molecule has 0 bridgehead atoms. The van der Waals surface area contributed by atoms with Gasteiger partial charge in [0.05, 0.1) is 23.6 Å². The molecule has 1 saturated carbocycles. The Balaban J connectivity index is 1.32. The molecule has 0 saturated heterocycles. The van der Waals surface area contributed by atoms with E-state index in [9.17, 15) is 10.2 Å². The van der Waals surface area contributed by atoms with Gasteiger partial charge in [0.15, 0.2) is 0 Å². The van der Waals surface area contributed by atoms with Crippen LogP contribution in [0.5, 0.6) is 0 Å². The monoisotopic (exact) mass is 580 g/mol. The number of nitrogens with two attached hydrogens (primary N) is 2. The van der Waals surface area contributed by atoms with E-state index in [1.807, 2.05) is 44.4 Å². The highest BCUT2D eigenvalue weighted by Crippen LogP contribution is 2.58. The highest BCUT2D eigenvalue weighted by atomic mass is 16.3. The number of aliphatic hydroxyl groups is 2. The minimum atomic E-state index is -0.827. The topological polar surface area (TPSA) is 99.0 Å². The van der Waals surface area contributed by atoms with Crippen molar-refractivity contribution in [3.63, 3.8) is 0 Å². The van der Waals surface area contributed by atoms with Crippen molar-refractivity contribution in [2.75, 3.05) is 48.5 Å². The molecule has 3 aliphatic rings. The van der Waals surface area contributed by atoms with Crippen LogP contribution in [0.2, 0.25) is 0 Å². The second-order valence-corrected chi connectivity index (χ2v) is 13.2. The maximum absolute atomic E-state index is 12.3. The van der Waals surface area contributed by atoms with Gasteiger partial charge < -0.3 is 31.5 Å². The van der Waals surface area contributed by atoms with Gasteiger partial charge in [-0.25, -0.2) is 0 Å². The largest absolute Gasteiger partial charge is 0.398 e. The summed E-state index contributed by atoms with van der Waals surface area (Å²) in [5, 5.41) is 33.2. The standard InChI is InChI=1S/C38H36N4O2/c1-41(2)35-22-9-4-3-8-21(22)30(29-24(35)11-6-12-25(29)39)33-37(43)34(38(33)44)31-23-10-5-7-19-15-17-42-18-16-20-13-14-26(40)32(31)28(20)36(42)27(19)23/h3-14,33-34,37-38,43-44H,15-18,39-40H2,1-2H3. The summed E-state index contributed by atoms with van der Waals surface area (Å²) < 4.78 is 0. The number of benzene rings is 6. The van der Waals surface area contributed by atoms with Gasteiger partial charge in [-0.05, 0) is 58.0 Å². The van der Waals surface area contributed by atoms with Gasteiger partial charge in [0.25, 0.3) is 0 Å². The fourth-order valence-corrected chi connectivity index (χ4v) is 9.00. The van der Waals surface area contributed by atoms with Gasteiger partial charge in [-0.1, -0.05) is 60.7 Å². The highest BCUT2D eigenvalue weighted by molar-refractivity contribution is 6.21. The van der Waals surface area contributed by atoms with Crippen LogP contribution in [0.3, 0.4) is 0 Å². The fourth-order valence-electron chi connectivity index (χ4n) is 9.00. The Morgan fingerprint density at radius 3 is 1.93 bits per heavy atom. The first-order valence-electron chi connectivity index (χ1n) is 15.7. The first-order chi connectivity index (χ1) is 21.4. The van der Waals surface area contributed by atoms with Crippen molar-refractivity contribution in [1.82, 2.24) is 0 Å². The fraction of sp³-hybridized carbons (Fsp3) is 0.263. The number of fused-ring (bicyclic) bond motifs is 2. The molecule has 0 spiro atoms. The predicted molar refractivity (Wildman–Crippen MR) is 183 cm³/mol. The number of hydrogen-bond donors (Lipinski definition) is 4. The van der Waals surface area contributed by atoms with Crippen molar-refractivity contribution >= 4 is 65.8 Å². The molecule has 2 aliphatic heterocycles. The lowest BCUT2D eigenvalue weighted by Gasteiger charge is -2.49. The lowest BCUT2D eigenvalue weighted by atomic mass is 9.60. The van der Waals surface area contributed by atoms with Crippen LogP contribution in [-0.2, 0) is 12.8 Å². The molecule has 44 heavy (non-hydrogen) atoms. The minimum absolute atomic E-state index is 0.494. The van der Waals surface area contributed by atoms with E-state index in [1.54, 1.807) is 0 Å². The van der Waals surface area contributed by atoms with Crippen LogP contribution in [0.4, 0.5) is 22.7 Å². The summed E-state index contributed by atoms with van der Waals surface area (Å²) in [6.45, 7) is 1.99. The molecule has 6 heteroatoms. The first-order valence-corrected chi connectivity index (χ1v) is 15.7. The summed E-state index contributed by atoms with van der Waals surface area (Å²) in [7, 11) is 4.09. The average Bonchev–Trinajstić information content (AvgIpc) is 3.03. The van der Waals surface area contributed by atoms with Crippen molar-refractivity contribution in [1.29, 1.82) is 0 Å². The van der Waals surface area contributed by atoms with E-state index < -0.39 is 24.0 Å². The van der Waals surface area contributed by atoms with Crippen molar-refractivity contribution < 1.29 is 10.2 Å². The molecule has 2 atom stereocenters. The summed E-state index contributed by atoms with van der Waals surface area (Å²) in [4.78, 5) is 4.64. The zero-order valence-electron chi connectivity index (χ0n) is 25.0. The van der Waals surface area contributed by atoms with E-state index in [-0.39, 0.29) is 0 Å². The number of nitrogen functional groups attached to an aromatic ring is 2. The maximum Gasteiger partial charge on any atom is 0.0728 e.